The van der Waals surface area contributed by atoms with Crippen LogP contribution in [0.2, 0.25) is 0 Å². The van der Waals surface area contributed by atoms with Gasteiger partial charge in [-0.25, -0.2) is 14.8 Å². The predicted octanol–water partition coefficient (Wildman–Crippen LogP) is 4.35. The maximum atomic E-state index is 12.9. The van der Waals surface area contributed by atoms with E-state index in [9.17, 15) is 9.59 Å². The van der Waals surface area contributed by atoms with Crippen LogP contribution in [0.15, 0.2) is 70.4 Å². The monoisotopic (exact) mass is 519 g/mol. The lowest BCUT2D eigenvalue weighted by Crippen LogP contribution is -2.35. The summed E-state index contributed by atoms with van der Waals surface area (Å²) in [5, 5.41) is 7.51. The maximum Gasteiger partial charge on any atom is 0.331 e. The number of cyclic esters (lactones) is 1. The van der Waals surface area contributed by atoms with E-state index in [1.165, 1.54) is 0 Å². The van der Waals surface area contributed by atoms with Crippen LogP contribution in [-0.4, -0.2) is 41.1 Å². The van der Waals surface area contributed by atoms with E-state index in [1.54, 1.807) is 0 Å². The number of amides is 1. The zero-order valence-electron chi connectivity index (χ0n) is 21.7. The molecule has 0 radical (unpaired) electrons. The molecule has 1 fully saturated rings. The van der Waals surface area contributed by atoms with Gasteiger partial charge in [-0.15, -0.1) is 0 Å². The molecule has 2 aromatic carbocycles. The number of esters is 1. The third-order valence-corrected chi connectivity index (χ3v) is 7.90. The van der Waals surface area contributed by atoms with Gasteiger partial charge in [0.15, 0.2) is 6.04 Å². The molecule has 2 aliphatic carbocycles. The highest BCUT2D eigenvalue weighted by molar-refractivity contribution is 5.98. The summed E-state index contributed by atoms with van der Waals surface area (Å²) in [5.41, 5.74) is 8.13. The number of aliphatic imine (C=N–C) groups is 2. The fraction of sp³-hybridized carbons (Fsp3) is 0.290. The molecular formula is C31H29N5O3. The number of H-pyrrole nitrogens is 1. The van der Waals surface area contributed by atoms with Gasteiger partial charge in [-0.1, -0.05) is 24.3 Å². The van der Waals surface area contributed by atoms with Crippen molar-refractivity contribution in [3.05, 3.63) is 88.3 Å². The first-order valence-electron chi connectivity index (χ1n) is 13.5. The van der Waals surface area contributed by atoms with Gasteiger partial charge in [-0.3, -0.25) is 4.79 Å². The Morgan fingerprint density at radius 3 is 2.90 bits per heavy atom. The largest absolute Gasteiger partial charge is 0.459 e. The van der Waals surface area contributed by atoms with E-state index in [1.807, 2.05) is 54.9 Å². The summed E-state index contributed by atoms with van der Waals surface area (Å²) in [5.74, 6) is 0.107. The van der Waals surface area contributed by atoms with Crippen LogP contribution in [0.3, 0.4) is 0 Å². The minimum atomic E-state index is -0.684. The van der Waals surface area contributed by atoms with Gasteiger partial charge >= 0.3 is 5.97 Å². The second-order valence-corrected chi connectivity index (χ2v) is 10.7. The van der Waals surface area contributed by atoms with Crippen molar-refractivity contribution in [2.24, 2.45) is 15.9 Å². The third-order valence-electron chi connectivity index (χ3n) is 7.90. The molecular weight excluding hydrogens is 490 g/mol. The Hall–Kier alpha value is -4.46. The molecule has 7 rings (SSSR count). The zero-order chi connectivity index (χ0) is 26.5. The zero-order valence-corrected chi connectivity index (χ0v) is 21.7. The summed E-state index contributed by atoms with van der Waals surface area (Å²) in [6.45, 7) is 2.30. The number of ether oxygens (including phenoxy) is 1. The number of allylic oxidation sites excluding steroid dienone is 4. The second-order valence-electron chi connectivity index (χ2n) is 10.7. The van der Waals surface area contributed by atoms with E-state index >= 15 is 0 Å². The quantitative estimate of drug-likeness (QED) is 0.445. The molecule has 1 unspecified atom stereocenters. The number of hydrogen-bond donors (Lipinski definition) is 3. The van der Waals surface area contributed by atoms with E-state index in [4.69, 9.17) is 4.74 Å². The summed E-state index contributed by atoms with van der Waals surface area (Å²) < 4.78 is 5.59. The Balaban J connectivity index is 1.12. The van der Waals surface area contributed by atoms with Crippen molar-refractivity contribution in [2.75, 3.05) is 0 Å². The number of guanidine groups is 1. The predicted molar refractivity (Wildman–Crippen MR) is 150 cm³/mol. The number of fused-ring (bicyclic) bond motifs is 1. The summed E-state index contributed by atoms with van der Waals surface area (Å²) in [6.07, 6.45) is 11.3. The first-order chi connectivity index (χ1) is 19.0. The number of aromatic amines is 1. The lowest BCUT2D eigenvalue weighted by Gasteiger charge is -2.27. The van der Waals surface area contributed by atoms with Crippen LogP contribution < -0.4 is 10.6 Å². The standard InChI is InChI=1S/C31H29N5O3/c1-17-5-6-19(29(37)34-23-8-9-23)12-24(17)18-7-10-25-21(11-18)14-33-31(35-25)36-27-13-22-15-32-26-4-2-3-20(28(22)26)16-39-30(27)38/h2-7,10,12,14-15,21,23,27,32H,8-9,11,13,16H2,1H3,(H,34,37)(H,35,36)/t21?,27-/m1/s1. The summed E-state index contributed by atoms with van der Waals surface area (Å²) >= 11 is 0. The van der Waals surface area contributed by atoms with E-state index in [2.05, 4.69) is 38.6 Å². The average molecular weight is 520 g/mol. The number of rotatable bonds is 4. The van der Waals surface area contributed by atoms with E-state index < -0.39 is 6.04 Å². The molecule has 2 aliphatic heterocycles. The Morgan fingerprint density at radius 1 is 1.13 bits per heavy atom. The molecule has 3 N–H and O–H groups in total. The van der Waals surface area contributed by atoms with Crippen LogP contribution >= 0.6 is 0 Å². The molecule has 39 heavy (non-hydrogen) atoms. The number of benzene rings is 2. The molecule has 3 heterocycles. The normalized spacial score (nSPS) is 23.2. The number of aromatic nitrogens is 1. The van der Waals surface area contributed by atoms with Gasteiger partial charge in [0.2, 0.25) is 5.96 Å². The minimum absolute atomic E-state index is 0.00950. The van der Waals surface area contributed by atoms with Gasteiger partial charge in [0.05, 0.1) is 0 Å². The van der Waals surface area contributed by atoms with Gasteiger partial charge in [0.1, 0.15) is 6.61 Å². The van der Waals surface area contributed by atoms with Crippen LogP contribution in [0.1, 0.15) is 51.9 Å². The smallest absolute Gasteiger partial charge is 0.331 e. The summed E-state index contributed by atoms with van der Waals surface area (Å²) in [4.78, 5) is 38.0. The Bertz CT molecular complexity index is 1640. The molecule has 8 nitrogen and oxygen atoms in total. The van der Waals surface area contributed by atoms with Crippen molar-refractivity contribution in [3.63, 3.8) is 0 Å². The number of carbonyl (C=O) groups excluding carboxylic acids is 2. The Kier molecular flexibility index (Phi) is 5.68. The van der Waals surface area contributed by atoms with Crippen LogP contribution in [0.25, 0.3) is 16.5 Å². The fourth-order valence-electron chi connectivity index (χ4n) is 5.59. The molecule has 8 heteroatoms. The van der Waals surface area contributed by atoms with Crippen molar-refractivity contribution >= 4 is 40.5 Å². The first-order valence-corrected chi connectivity index (χ1v) is 13.5. The lowest BCUT2D eigenvalue weighted by atomic mass is 9.85. The topological polar surface area (TPSA) is 108 Å². The van der Waals surface area contributed by atoms with E-state index in [0.717, 1.165) is 63.7 Å². The van der Waals surface area contributed by atoms with Gasteiger partial charge in [0, 0.05) is 53.0 Å². The molecule has 196 valence electrons. The van der Waals surface area contributed by atoms with Crippen molar-refractivity contribution in [2.45, 2.75) is 51.3 Å². The molecule has 0 bridgehead atoms. The molecule has 1 aromatic heterocycles. The second kappa shape index (κ2) is 9.38. The minimum Gasteiger partial charge on any atom is -0.459 e. The molecule has 3 aromatic rings. The van der Waals surface area contributed by atoms with Gasteiger partial charge < -0.3 is 20.4 Å². The highest BCUT2D eigenvalue weighted by atomic mass is 16.5. The third kappa shape index (κ3) is 4.56. The van der Waals surface area contributed by atoms with Crippen LogP contribution in [-0.2, 0) is 22.6 Å². The average Bonchev–Trinajstić information content (AvgIpc) is 3.67. The molecule has 4 aliphatic rings. The Labute approximate surface area is 226 Å². The molecule has 1 amide bonds. The number of aryl methyl sites for hydroxylation is 1. The van der Waals surface area contributed by atoms with Gasteiger partial charge in [-0.2, -0.15) is 0 Å². The molecule has 2 atom stereocenters. The van der Waals surface area contributed by atoms with Crippen LogP contribution in [0.4, 0.5) is 0 Å². The van der Waals surface area contributed by atoms with Crippen LogP contribution in [0.5, 0.6) is 0 Å². The van der Waals surface area contributed by atoms with Crippen molar-refractivity contribution < 1.29 is 14.3 Å². The summed E-state index contributed by atoms with van der Waals surface area (Å²) in [7, 11) is 0. The Morgan fingerprint density at radius 2 is 2.03 bits per heavy atom. The molecule has 0 saturated heterocycles. The maximum absolute atomic E-state index is 12.9. The van der Waals surface area contributed by atoms with Crippen LogP contribution in [0, 0.1) is 12.8 Å². The van der Waals surface area contributed by atoms with E-state index in [-0.39, 0.29) is 24.4 Å². The number of hydrogen-bond acceptors (Lipinski definition) is 4. The van der Waals surface area contributed by atoms with Crippen molar-refractivity contribution in [1.82, 2.24) is 15.6 Å². The molecule has 1 saturated carbocycles. The number of carbonyl (C=O) groups is 2. The lowest BCUT2D eigenvalue weighted by molar-refractivity contribution is -0.146. The van der Waals surface area contributed by atoms with Crippen molar-refractivity contribution in [1.29, 1.82) is 0 Å². The van der Waals surface area contributed by atoms with Gasteiger partial charge in [-0.05, 0) is 78.3 Å². The van der Waals surface area contributed by atoms with E-state index in [0.29, 0.717) is 24.0 Å². The number of nitrogens with one attached hydrogen (secondary N) is 3. The van der Waals surface area contributed by atoms with Crippen molar-refractivity contribution in [3.8, 4) is 0 Å². The van der Waals surface area contributed by atoms with Gasteiger partial charge in [0.25, 0.3) is 5.91 Å². The highest BCUT2D eigenvalue weighted by Gasteiger charge is 2.29. The SMILES string of the molecule is Cc1ccc(C(=O)NC2CC2)cc1C1=CC=C2NC(=N[C@@H]3Cc4c[nH]c5cccc(c45)COC3=O)N=CC2C1. The number of nitrogens with zero attached hydrogens (tertiary/aromatic N) is 2. The fourth-order valence-corrected chi connectivity index (χ4v) is 5.59. The summed E-state index contributed by atoms with van der Waals surface area (Å²) in [6, 6.07) is 11.5. The highest BCUT2D eigenvalue weighted by Crippen LogP contribution is 2.33. The molecule has 0 spiro atoms. The first kappa shape index (κ1) is 23.6.